The Balaban J connectivity index is 2.57. The van der Waals surface area contributed by atoms with Gasteiger partial charge in [0.1, 0.15) is 5.75 Å². The highest BCUT2D eigenvalue weighted by atomic mass is 16.5. The summed E-state index contributed by atoms with van der Waals surface area (Å²) < 4.78 is 5.88. The minimum atomic E-state index is -0.739. The lowest BCUT2D eigenvalue weighted by Crippen LogP contribution is -2.30. The van der Waals surface area contributed by atoms with E-state index in [0.717, 1.165) is 29.7 Å². The van der Waals surface area contributed by atoms with Gasteiger partial charge in [-0.3, -0.25) is 10.2 Å². The molecule has 1 rings (SSSR count). The smallest absolute Gasteiger partial charge is 0.303 e. The summed E-state index contributed by atoms with van der Waals surface area (Å²) in [5.74, 6) is 0.120. The van der Waals surface area contributed by atoms with Crippen LogP contribution in [0.15, 0.2) is 24.8 Å². The summed E-state index contributed by atoms with van der Waals surface area (Å²) in [5.41, 5.74) is 5.23. The molecule has 5 nitrogen and oxygen atoms in total. The topological polar surface area (TPSA) is 61.8 Å². The summed E-state index contributed by atoms with van der Waals surface area (Å²) >= 11 is 0. The lowest BCUT2D eigenvalue weighted by atomic mass is 10.1. The number of nitrogens with zero attached hydrogens (tertiary/aromatic N) is 1. The highest BCUT2D eigenvalue weighted by Crippen LogP contribution is 2.25. The minimum Gasteiger partial charge on any atom is -0.493 e. The average molecular weight is 306 g/mol. The van der Waals surface area contributed by atoms with Crippen LogP contribution in [0.1, 0.15) is 36.8 Å². The first-order chi connectivity index (χ1) is 10.6. The highest BCUT2D eigenvalue weighted by molar-refractivity contribution is 5.66. The number of rotatable bonds is 11. The summed E-state index contributed by atoms with van der Waals surface area (Å²) in [6, 6.07) is 5.94. The lowest BCUT2D eigenvalue weighted by Gasteiger charge is -2.19. The molecule has 1 aromatic rings. The molecule has 0 amide bonds. The fourth-order valence-corrected chi connectivity index (χ4v) is 2.13. The van der Waals surface area contributed by atoms with Gasteiger partial charge in [-0.05, 0) is 37.9 Å². The normalized spacial score (nSPS) is 10.7. The maximum absolute atomic E-state index is 10.4. The molecule has 0 fully saturated rings. The van der Waals surface area contributed by atoms with Gasteiger partial charge in [0, 0.05) is 25.6 Å². The molecule has 0 aromatic heterocycles. The summed E-state index contributed by atoms with van der Waals surface area (Å²) in [6.45, 7) is 5.16. The molecule has 0 bridgehead atoms. The summed E-state index contributed by atoms with van der Waals surface area (Å²) in [5, 5.41) is 10.6. The maximum atomic E-state index is 10.4. The largest absolute Gasteiger partial charge is 0.493 e. The van der Waals surface area contributed by atoms with Crippen LogP contribution in [-0.2, 0) is 11.3 Å². The first-order valence-electron chi connectivity index (χ1n) is 7.56. The Bertz CT molecular complexity index is 489. The lowest BCUT2D eigenvalue weighted by molar-refractivity contribution is -0.137. The number of carboxylic acids is 1. The molecule has 22 heavy (non-hydrogen) atoms. The zero-order chi connectivity index (χ0) is 16.4. The number of unbranched alkanes of at least 4 members (excludes halogenated alkanes) is 2. The first kappa shape index (κ1) is 18.2. The molecule has 5 heteroatoms. The molecule has 0 saturated heterocycles. The molecular weight excluding hydrogens is 280 g/mol. The number of benzene rings is 1. The standard InChI is InChI=1S/C17H26N2O3/c1-4-14-9-8-10-16(15(14)13-19(3)18-2)22-12-7-5-6-11-17(20)21/h4,8-10,18H,1,5-7,11-13H2,2-3H3,(H,20,21). The van der Waals surface area contributed by atoms with Crippen molar-refractivity contribution in [2.45, 2.75) is 32.2 Å². The van der Waals surface area contributed by atoms with E-state index in [1.54, 1.807) is 0 Å². The second kappa shape index (κ2) is 9.97. The molecular formula is C17H26N2O3. The van der Waals surface area contributed by atoms with Crippen molar-refractivity contribution in [3.05, 3.63) is 35.9 Å². The second-order valence-corrected chi connectivity index (χ2v) is 5.16. The van der Waals surface area contributed by atoms with Crippen molar-refractivity contribution in [3.8, 4) is 5.75 Å². The SMILES string of the molecule is C=Cc1cccc(OCCCCCC(=O)O)c1CN(C)NC. The Morgan fingerprint density at radius 1 is 1.41 bits per heavy atom. The highest BCUT2D eigenvalue weighted by Gasteiger charge is 2.10. The molecule has 0 radical (unpaired) electrons. The average Bonchev–Trinajstić information content (AvgIpc) is 2.51. The van der Waals surface area contributed by atoms with Gasteiger partial charge >= 0.3 is 5.97 Å². The van der Waals surface area contributed by atoms with E-state index < -0.39 is 5.97 Å². The Hall–Kier alpha value is -1.85. The van der Waals surface area contributed by atoms with E-state index in [1.165, 1.54) is 0 Å². The van der Waals surface area contributed by atoms with E-state index >= 15 is 0 Å². The Morgan fingerprint density at radius 3 is 2.82 bits per heavy atom. The maximum Gasteiger partial charge on any atom is 0.303 e. The monoisotopic (exact) mass is 306 g/mol. The van der Waals surface area contributed by atoms with Gasteiger partial charge in [0.05, 0.1) is 6.61 Å². The van der Waals surface area contributed by atoms with E-state index in [1.807, 2.05) is 43.4 Å². The Morgan fingerprint density at radius 2 is 2.18 bits per heavy atom. The zero-order valence-corrected chi connectivity index (χ0v) is 13.5. The van der Waals surface area contributed by atoms with Gasteiger partial charge in [-0.25, -0.2) is 5.01 Å². The molecule has 0 unspecified atom stereocenters. The third kappa shape index (κ3) is 6.28. The van der Waals surface area contributed by atoms with Gasteiger partial charge in [-0.15, -0.1) is 0 Å². The predicted molar refractivity (Wildman–Crippen MR) is 88.7 cm³/mol. The van der Waals surface area contributed by atoms with E-state index in [-0.39, 0.29) is 6.42 Å². The number of aliphatic carboxylic acids is 1. The number of hydrogen-bond donors (Lipinski definition) is 2. The van der Waals surface area contributed by atoms with Crippen LogP contribution in [0, 0.1) is 0 Å². The zero-order valence-electron chi connectivity index (χ0n) is 13.5. The van der Waals surface area contributed by atoms with E-state index in [0.29, 0.717) is 19.6 Å². The number of carbonyl (C=O) groups is 1. The second-order valence-electron chi connectivity index (χ2n) is 5.16. The van der Waals surface area contributed by atoms with Gasteiger partial charge in [0.25, 0.3) is 0 Å². The van der Waals surface area contributed by atoms with Crippen molar-refractivity contribution in [2.24, 2.45) is 0 Å². The van der Waals surface area contributed by atoms with Gasteiger partial charge < -0.3 is 9.84 Å². The molecule has 2 N–H and O–H groups in total. The number of ether oxygens (including phenoxy) is 1. The summed E-state index contributed by atoms with van der Waals surface area (Å²) in [4.78, 5) is 10.4. The van der Waals surface area contributed by atoms with Crippen molar-refractivity contribution in [1.82, 2.24) is 10.4 Å². The fraction of sp³-hybridized carbons (Fsp3) is 0.471. The van der Waals surface area contributed by atoms with Crippen molar-refractivity contribution in [2.75, 3.05) is 20.7 Å². The van der Waals surface area contributed by atoms with Crippen LogP contribution < -0.4 is 10.2 Å². The molecule has 0 spiro atoms. The Kier molecular flexibility index (Phi) is 8.25. The third-order valence-corrected chi connectivity index (χ3v) is 3.46. The first-order valence-corrected chi connectivity index (χ1v) is 7.56. The Labute approximate surface area is 132 Å². The van der Waals surface area contributed by atoms with Crippen LogP contribution >= 0.6 is 0 Å². The number of hydrogen-bond acceptors (Lipinski definition) is 4. The fourth-order valence-electron chi connectivity index (χ4n) is 2.13. The number of hydrazine groups is 1. The molecule has 1 aromatic carbocycles. The van der Waals surface area contributed by atoms with E-state index in [2.05, 4.69) is 12.0 Å². The van der Waals surface area contributed by atoms with Crippen molar-refractivity contribution in [3.63, 3.8) is 0 Å². The third-order valence-electron chi connectivity index (χ3n) is 3.46. The van der Waals surface area contributed by atoms with Crippen LogP contribution in [-0.4, -0.2) is 36.8 Å². The van der Waals surface area contributed by atoms with Crippen LogP contribution in [0.5, 0.6) is 5.75 Å². The molecule has 0 aliphatic carbocycles. The molecule has 0 atom stereocenters. The van der Waals surface area contributed by atoms with Crippen molar-refractivity contribution < 1.29 is 14.6 Å². The predicted octanol–water partition coefficient (Wildman–Crippen LogP) is 2.92. The van der Waals surface area contributed by atoms with Gasteiger partial charge in [-0.2, -0.15) is 0 Å². The number of nitrogens with one attached hydrogen (secondary N) is 1. The van der Waals surface area contributed by atoms with Crippen LogP contribution in [0.2, 0.25) is 0 Å². The quantitative estimate of drug-likeness (QED) is 0.486. The van der Waals surface area contributed by atoms with Crippen LogP contribution in [0.4, 0.5) is 0 Å². The van der Waals surface area contributed by atoms with Crippen molar-refractivity contribution in [1.29, 1.82) is 0 Å². The molecule has 0 saturated carbocycles. The van der Waals surface area contributed by atoms with E-state index in [9.17, 15) is 4.79 Å². The van der Waals surface area contributed by atoms with Crippen molar-refractivity contribution >= 4 is 12.0 Å². The summed E-state index contributed by atoms with van der Waals surface area (Å²) in [7, 11) is 3.84. The van der Waals surface area contributed by atoms with Gasteiger partial charge in [0.2, 0.25) is 0 Å². The molecule has 0 aliphatic heterocycles. The molecule has 122 valence electrons. The van der Waals surface area contributed by atoms with Crippen LogP contribution in [0.25, 0.3) is 6.08 Å². The minimum absolute atomic E-state index is 0.226. The molecule has 0 heterocycles. The number of carboxylic acid groups (broad SMARTS) is 1. The summed E-state index contributed by atoms with van der Waals surface area (Å²) in [6.07, 6.45) is 4.47. The van der Waals surface area contributed by atoms with E-state index in [4.69, 9.17) is 9.84 Å². The van der Waals surface area contributed by atoms with Crippen LogP contribution in [0.3, 0.4) is 0 Å². The molecule has 0 aliphatic rings. The van der Waals surface area contributed by atoms with Gasteiger partial charge in [-0.1, -0.05) is 24.8 Å². The van der Waals surface area contributed by atoms with Gasteiger partial charge in [0.15, 0.2) is 0 Å².